The van der Waals surface area contributed by atoms with Crippen LogP contribution in [0.25, 0.3) is 0 Å². The summed E-state index contributed by atoms with van der Waals surface area (Å²) in [5, 5.41) is 3.27. The molecule has 0 aliphatic heterocycles. The van der Waals surface area contributed by atoms with Crippen LogP contribution in [-0.2, 0) is 29.3 Å². The number of nitrogens with zero attached hydrogens (tertiary/aromatic N) is 1. The van der Waals surface area contributed by atoms with Crippen LogP contribution in [0.4, 0.5) is 13.2 Å². The molecule has 0 radical (unpaired) electrons. The highest BCUT2D eigenvalue weighted by Gasteiger charge is 2.30. The fraction of sp³-hybridized carbons (Fsp3) is 0.200. The highest BCUT2D eigenvalue weighted by Crippen LogP contribution is 2.29. The van der Waals surface area contributed by atoms with Gasteiger partial charge in [0, 0.05) is 6.54 Å². The summed E-state index contributed by atoms with van der Waals surface area (Å²) in [5.41, 5.74) is 7.32. The van der Waals surface area contributed by atoms with Gasteiger partial charge in [-0.25, -0.2) is 18.7 Å². The van der Waals surface area contributed by atoms with E-state index in [0.29, 0.717) is 11.1 Å². The van der Waals surface area contributed by atoms with Crippen molar-refractivity contribution >= 4 is 10.0 Å². The predicted octanol–water partition coefficient (Wildman–Crippen LogP) is 3.71. The van der Waals surface area contributed by atoms with Crippen molar-refractivity contribution in [2.24, 2.45) is 5.11 Å². The monoisotopic (exact) mass is 357 g/mol. The molecule has 0 amide bonds. The van der Waals surface area contributed by atoms with E-state index in [2.05, 4.69) is 9.84 Å². The van der Waals surface area contributed by atoms with Gasteiger partial charge in [0.1, 0.15) is 0 Å². The molecule has 0 saturated heterocycles. The van der Waals surface area contributed by atoms with Gasteiger partial charge in [0.15, 0.2) is 0 Å². The first-order valence-corrected chi connectivity index (χ1v) is 8.29. The first kappa shape index (κ1) is 18.1. The van der Waals surface area contributed by atoms with Crippen LogP contribution in [0.2, 0.25) is 0 Å². The third-order valence-electron chi connectivity index (χ3n) is 3.31. The molecule has 9 heteroatoms. The maximum atomic E-state index is 12.5. The normalized spacial score (nSPS) is 12.1. The molecule has 128 valence electrons. The van der Waals surface area contributed by atoms with Gasteiger partial charge in [0.2, 0.25) is 10.0 Å². The van der Waals surface area contributed by atoms with Gasteiger partial charge in [0.05, 0.1) is 17.0 Å². The van der Waals surface area contributed by atoms with Crippen molar-refractivity contribution in [1.29, 1.82) is 5.53 Å². The molecule has 0 aliphatic carbocycles. The Balaban J connectivity index is 2.16. The Morgan fingerprint density at radius 2 is 1.58 bits per heavy atom. The van der Waals surface area contributed by atoms with E-state index < -0.39 is 21.8 Å². The van der Waals surface area contributed by atoms with E-state index in [-0.39, 0.29) is 18.0 Å². The average molecular weight is 357 g/mol. The molecule has 0 aromatic heterocycles. The summed E-state index contributed by atoms with van der Waals surface area (Å²) < 4.78 is 64.2. The van der Waals surface area contributed by atoms with Gasteiger partial charge in [-0.05, 0) is 35.4 Å². The highest BCUT2D eigenvalue weighted by atomic mass is 32.2. The highest BCUT2D eigenvalue weighted by molar-refractivity contribution is 7.89. The zero-order chi connectivity index (χ0) is 17.8. The van der Waals surface area contributed by atoms with E-state index in [9.17, 15) is 21.6 Å². The number of hydrogen-bond donors (Lipinski definition) is 2. The van der Waals surface area contributed by atoms with Crippen LogP contribution in [0.1, 0.15) is 16.7 Å². The maximum absolute atomic E-state index is 12.5. The Hall–Kier alpha value is -2.26. The second-order valence-corrected chi connectivity index (χ2v) is 6.70. The lowest BCUT2D eigenvalue weighted by molar-refractivity contribution is -0.137. The molecular formula is C15H14F3N3O2S. The number of rotatable bonds is 6. The van der Waals surface area contributed by atoms with E-state index in [1.165, 1.54) is 0 Å². The van der Waals surface area contributed by atoms with Crippen LogP contribution in [0, 0.1) is 5.53 Å². The van der Waals surface area contributed by atoms with Crippen molar-refractivity contribution in [2.45, 2.75) is 24.2 Å². The third kappa shape index (κ3) is 4.39. The molecule has 0 heterocycles. The molecular weight excluding hydrogens is 343 g/mol. The Morgan fingerprint density at radius 1 is 1.00 bits per heavy atom. The average Bonchev–Trinajstić information content (AvgIpc) is 2.54. The van der Waals surface area contributed by atoms with Gasteiger partial charge in [-0.3, -0.25) is 0 Å². The Kier molecular flexibility index (Phi) is 5.35. The van der Waals surface area contributed by atoms with Crippen molar-refractivity contribution in [1.82, 2.24) is 4.72 Å². The lowest BCUT2D eigenvalue weighted by Crippen LogP contribution is -2.24. The maximum Gasteiger partial charge on any atom is 0.416 e. The van der Waals surface area contributed by atoms with Crippen LogP contribution in [0.3, 0.4) is 0 Å². The third-order valence-corrected chi connectivity index (χ3v) is 4.73. The first-order chi connectivity index (χ1) is 11.2. The first-order valence-electron chi connectivity index (χ1n) is 6.81. The van der Waals surface area contributed by atoms with E-state index in [4.69, 9.17) is 5.53 Å². The molecule has 2 aromatic carbocycles. The summed E-state index contributed by atoms with van der Waals surface area (Å²) in [6, 6.07) is 10.1. The van der Waals surface area contributed by atoms with E-state index >= 15 is 0 Å². The van der Waals surface area contributed by atoms with Crippen LogP contribution in [0.15, 0.2) is 58.5 Å². The number of alkyl halides is 3. The van der Waals surface area contributed by atoms with Crippen molar-refractivity contribution in [2.75, 3.05) is 0 Å². The van der Waals surface area contributed by atoms with E-state index in [1.54, 1.807) is 24.3 Å². The molecule has 5 nitrogen and oxygen atoms in total. The molecule has 2 rings (SSSR count). The molecule has 0 unspecified atom stereocenters. The number of benzene rings is 2. The molecule has 2 aromatic rings. The summed E-state index contributed by atoms with van der Waals surface area (Å²) >= 11 is 0. The van der Waals surface area contributed by atoms with Crippen molar-refractivity contribution < 1.29 is 21.6 Å². The summed E-state index contributed by atoms with van der Waals surface area (Å²) in [5.74, 6) is 0. The zero-order valence-corrected chi connectivity index (χ0v) is 13.2. The summed E-state index contributed by atoms with van der Waals surface area (Å²) in [7, 11) is -3.95. The van der Waals surface area contributed by atoms with Crippen LogP contribution < -0.4 is 4.72 Å². The van der Waals surface area contributed by atoms with Crippen LogP contribution in [-0.4, -0.2) is 8.42 Å². The standard InChI is InChI=1S/C15H14F3N3O2S/c16-15(17,18)13-5-7-14(8-6-13)24(22,23)21-10-12-4-2-1-3-11(12)9-20-19/h1-8,19,21H,9-10H2. The fourth-order valence-electron chi connectivity index (χ4n) is 2.05. The summed E-state index contributed by atoms with van der Waals surface area (Å²) in [6.07, 6.45) is -4.52. The minimum atomic E-state index is -4.52. The Labute approximate surface area is 137 Å². The van der Waals surface area contributed by atoms with Gasteiger partial charge in [-0.1, -0.05) is 24.3 Å². The fourth-order valence-corrected chi connectivity index (χ4v) is 3.06. The number of sulfonamides is 1. The second-order valence-electron chi connectivity index (χ2n) is 4.93. The minimum absolute atomic E-state index is 0.0466. The smallest absolute Gasteiger partial charge is 0.210 e. The molecule has 2 N–H and O–H groups in total. The van der Waals surface area contributed by atoms with Gasteiger partial charge >= 0.3 is 6.18 Å². The molecule has 0 aliphatic rings. The molecule has 0 spiro atoms. The van der Waals surface area contributed by atoms with Crippen molar-refractivity contribution in [3.05, 3.63) is 65.2 Å². The van der Waals surface area contributed by atoms with Crippen molar-refractivity contribution in [3.63, 3.8) is 0 Å². The Morgan fingerprint density at radius 3 is 2.12 bits per heavy atom. The zero-order valence-electron chi connectivity index (χ0n) is 12.3. The second kappa shape index (κ2) is 7.10. The van der Waals surface area contributed by atoms with Gasteiger partial charge in [-0.15, -0.1) is 0 Å². The van der Waals surface area contributed by atoms with Crippen LogP contribution >= 0.6 is 0 Å². The molecule has 0 atom stereocenters. The summed E-state index contributed by atoms with van der Waals surface area (Å²) in [6.45, 7) is 0.0766. The molecule has 24 heavy (non-hydrogen) atoms. The van der Waals surface area contributed by atoms with Gasteiger partial charge in [0.25, 0.3) is 0 Å². The quantitative estimate of drug-likeness (QED) is 0.773. The van der Waals surface area contributed by atoms with Gasteiger partial charge in [-0.2, -0.15) is 18.3 Å². The lowest BCUT2D eigenvalue weighted by atomic mass is 10.1. The number of halogens is 3. The minimum Gasteiger partial charge on any atom is -0.210 e. The predicted molar refractivity (Wildman–Crippen MR) is 80.8 cm³/mol. The SMILES string of the molecule is N=NCc1ccccc1CNS(=O)(=O)c1ccc(C(F)(F)F)cc1. The lowest BCUT2D eigenvalue weighted by Gasteiger charge is -2.11. The molecule has 0 bridgehead atoms. The number of nitrogens with one attached hydrogen (secondary N) is 2. The number of hydrogen-bond acceptors (Lipinski definition) is 4. The van der Waals surface area contributed by atoms with E-state index in [0.717, 1.165) is 24.3 Å². The van der Waals surface area contributed by atoms with Gasteiger partial charge < -0.3 is 0 Å². The van der Waals surface area contributed by atoms with E-state index in [1.807, 2.05) is 0 Å². The van der Waals surface area contributed by atoms with Crippen LogP contribution in [0.5, 0.6) is 0 Å². The molecule has 0 fully saturated rings. The Bertz CT molecular complexity index is 819. The molecule has 0 saturated carbocycles. The topological polar surface area (TPSA) is 82.4 Å². The van der Waals surface area contributed by atoms with Crippen molar-refractivity contribution in [3.8, 4) is 0 Å². The summed E-state index contributed by atoms with van der Waals surface area (Å²) in [4.78, 5) is -0.252. The largest absolute Gasteiger partial charge is 0.416 e.